The minimum absolute atomic E-state index is 0.0709. The zero-order chi connectivity index (χ0) is 9.54. The van der Waals surface area contributed by atoms with Gasteiger partial charge in [0.1, 0.15) is 5.82 Å². The van der Waals surface area contributed by atoms with Crippen LogP contribution in [0.2, 0.25) is 0 Å². The first-order chi connectivity index (χ1) is 6.86. The monoisotopic (exact) mass is 191 g/mol. The highest BCUT2D eigenvalue weighted by Crippen LogP contribution is 2.11. The molecule has 72 valence electrons. The summed E-state index contributed by atoms with van der Waals surface area (Å²) in [6.07, 6.45) is 3.00. The molecule has 6 heteroatoms. The standard InChI is InChI=1S/C8H9N5O/c14-8-6-7(11-12-10-6)9-5-3-1-2-4-13(5)8/h1-4H2,(H,10,11,12). The summed E-state index contributed by atoms with van der Waals surface area (Å²) in [5.41, 5.74) is 0.775. The molecule has 2 aromatic rings. The van der Waals surface area contributed by atoms with E-state index in [-0.39, 0.29) is 5.56 Å². The van der Waals surface area contributed by atoms with E-state index in [1.807, 2.05) is 0 Å². The van der Waals surface area contributed by atoms with Crippen molar-refractivity contribution in [3.05, 3.63) is 16.2 Å². The highest BCUT2D eigenvalue weighted by atomic mass is 16.1. The molecule has 0 bridgehead atoms. The Hall–Kier alpha value is -1.72. The molecule has 0 aromatic carbocycles. The summed E-state index contributed by atoms with van der Waals surface area (Å²) in [6, 6.07) is 0. The van der Waals surface area contributed by atoms with Gasteiger partial charge in [0, 0.05) is 13.0 Å². The Bertz CT molecular complexity index is 540. The lowest BCUT2D eigenvalue weighted by molar-refractivity contribution is 0.500. The zero-order valence-corrected chi connectivity index (χ0v) is 7.53. The van der Waals surface area contributed by atoms with Crippen LogP contribution in [0.25, 0.3) is 11.2 Å². The van der Waals surface area contributed by atoms with Gasteiger partial charge in [0.25, 0.3) is 5.56 Å². The first-order valence-electron chi connectivity index (χ1n) is 4.67. The average molecular weight is 191 g/mol. The topological polar surface area (TPSA) is 76.5 Å². The normalized spacial score (nSPS) is 15.7. The zero-order valence-electron chi connectivity index (χ0n) is 7.53. The number of aryl methyl sites for hydroxylation is 1. The van der Waals surface area contributed by atoms with Crippen LogP contribution in [0.3, 0.4) is 0 Å². The van der Waals surface area contributed by atoms with Gasteiger partial charge in [-0.3, -0.25) is 9.36 Å². The molecule has 0 atom stereocenters. The highest BCUT2D eigenvalue weighted by molar-refractivity contribution is 5.67. The lowest BCUT2D eigenvalue weighted by Gasteiger charge is -2.15. The van der Waals surface area contributed by atoms with Crippen LogP contribution in [-0.2, 0) is 13.0 Å². The maximum absolute atomic E-state index is 11.8. The van der Waals surface area contributed by atoms with E-state index < -0.39 is 0 Å². The third-order valence-electron chi connectivity index (χ3n) is 2.56. The summed E-state index contributed by atoms with van der Waals surface area (Å²) < 4.78 is 1.70. The van der Waals surface area contributed by atoms with Crippen LogP contribution in [-0.4, -0.2) is 25.0 Å². The Morgan fingerprint density at radius 2 is 2.29 bits per heavy atom. The summed E-state index contributed by atoms with van der Waals surface area (Å²) in [4.78, 5) is 16.2. The SMILES string of the molecule is O=c1c2nn[nH]c2nc2n1CCCC2. The molecule has 3 heterocycles. The molecule has 1 aliphatic rings. The second-order valence-electron chi connectivity index (χ2n) is 3.45. The fourth-order valence-electron chi connectivity index (χ4n) is 1.85. The lowest BCUT2D eigenvalue weighted by atomic mass is 10.1. The summed E-state index contributed by atoms with van der Waals surface area (Å²) in [5, 5.41) is 9.93. The van der Waals surface area contributed by atoms with Gasteiger partial charge >= 0.3 is 0 Å². The molecule has 0 aliphatic carbocycles. The number of hydrogen-bond acceptors (Lipinski definition) is 4. The van der Waals surface area contributed by atoms with Crippen molar-refractivity contribution in [3.63, 3.8) is 0 Å². The molecule has 14 heavy (non-hydrogen) atoms. The molecule has 0 spiro atoms. The predicted octanol–water partition coefficient (Wildman–Crippen LogP) is -0.149. The molecule has 0 unspecified atom stereocenters. The molecule has 1 aliphatic heterocycles. The molecule has 3 rings (SSSR count). The minimum Gasteiger partial charge on any atom is -0.295 e. The van der Waals surface area contributed by atoms with Gasteiger partial charge < -0.3 is 0 Å². The second-order valence-corrected chi connectivity index (χ2v) is 3.45. The van der Waals surface area contributed by atoms with Gasteiger partial charge in [0.2, 0.25) is 0 Å². The van der Waals surface area contributed by atoms with E-state index in [4.69, 9.17) is 0 Å². The van der Waals surface area contributed by atoms with E-state index in [1.165, 1.54) is 0 Å². The third kappa shape index (κ3) is 0.905. The Morgan fingerprint density at radius 3 is 3.21 bits per heavy atom. The van der Waals surface area contributed by atoms with Crippen LogP contribution in [0.4, 0.5) is 0 Å². The highest BCUT2D eigenvalue weighted by Gasteiger charge is 2.15. The van der Waals surface area contributed by atoms with E-state index in [1.54, 1.807) is 4.57 Å². The molecule has 2 aromatic heterocycles. The molecule has 0 amide bonds. The van der Waals surface area contributed by atoms with Crippen LogP contribution in [0, 0.1) is 0 Å². The van der Waals surface area contributed by atoms with Gasteiger partial charge in [-0.15, -0.1) is 5.10 Å². The molecular formula is C8H9N5O. The van der Waals surface area contributed by atoms with Crippen molar-refractivity contribution < 1.29 is 0 Å². The Labute approximate surface area is 79.0 Å². The number of H-pyrrole nitrogens is 1. The Balaban J connectivity index is 2.42. The van der Waals surface area contributed by atoms with Crippen molar-refractivity contribution in [2.24, 2.45) is 0 Å². The van der Waals surface area contributed by atoms with E-state index in [2.05, 4.69) is 20.4 Å². The van der Waals surface area contributed by atoms with E-state index in [0.717, 1.165) is 31.6 Å². The van der Waals surface area contributed by atoms with Crippen molar-refractivity contribution in [2.75, 3.05) is 0 Å². The van der Waals surface area contributed by atoms with Gasteiger partial charge in [-0.1, -0.05) is 5.21 Å². The van der Waals surface area contributed by atoms with Gasteiger partial charge in [-0.2, -0.15) is 0 Å². The summed E-state index contributed by atoms with van der Waals surface area (Å²) >= 11 is 0. The second kappa shape index (κ2) is 2.63. The number of nitrogens with one attached hydrogen (secondary N) is 1. The molecular weight excluding hydrogens is 182 g/mol. The fraction of sp³-hybridized carbons (Fsp3) is 0.500. The van der Waals surface area contributed by atoms with E-state index in [0.29, 0.717) is 11.2 Å². The summed E-state index contributed by atoms with van der Waals surface area (Å²) in [7, 11) is 0. The van der Waals surface area contributed by atoms with Crippen molar-refractivity contribution >= 4 is 11.2 Å². The smallest absolute Gasteiger partial charge is 0.283 e. The van der Waals surface area contributed by atoms with Gasteiger partial charge in [-0.05, 0) is 12.8 Å². The third-order valence-corrected chi connectivity index (χ3v) is 2.56. The molecule has 6 nitrogen and oxygen atoms in total. The molecule has 1 N–H and O–H groups in total. The van der Waals surface area contributed by atoms with Gasteiger partial charge in [0.05, 0.1) is 0 Å². The Morgan fingerprint density at radius 1 is 1.36 bits per heavy atom. The fourth-order valence-corrected chi connectivity index (χ4v) is 1.85. The summed E-state index contributed by atoms with van der Waals surface area (Å²) in [6.45, 7) is 0.754. The van der Waals surface area contributed by atoms with Crippen molar-refractivity contribution in [3.8, 4) is 0 Å². The van der Waals surface area contributed by atoms with E-state index in [9.17, 15) is 4.79 Å². The maximum atomic E-state index is 11.8. The first-order valence-corrected chi connectivity index (χ1v) is 4.67. The number of rotatable bonds is 0. The quantitative estimate of drug-likeness (QED) is 0.628. The predicted molar refractivity (Wildman–Crippen MR) is 48.9 cm³/mol. The van der Waals surface area contributed by atoms with Crippen LogP contribution >= 0.6 is 0 Å². The molecule has 0 saturated heterocycles. The lowest BCUT2D eigenvalue weighted by Crippen LogP contribution is -2.28. The van der Waals surface area contributed by atoms with E-state index >= 15 is 0 Å². The van der Waals surface area contributed by atoms with Crippen LogP contribution < -0.4 is 5.56 Å². The van der Waals surface area contributed by atoms with Crippen molar-refractivity contribution in [1.29, 1.82) is 0 Å². The minimum atomic E-state index is -0.0709. The van der Waals surface area contributed by atoms with Crippen molar-refractivity contribution in [1.82, 2.24) is 25.0 Å². The number of nitrogens with zero attached hydrogens (tertiary/aromatic N) is 4. The number of aromatic amines is 1. The number of hydrogen-bond donors (Lipinski definition) is 1. The molecule has 0 fully saturated rings. The van der Waals surface area contributed by atoms with Crippen LogP contribution in [0.1, 0.15) is 18.7 Å². The van der Waals surface area contributed by atoms with Crippen LogP contribution in [0.5, 0.6) is 0 Å². The largest absolute Gasteiger partial charge is 0.295 e. The van der Waals surface area contributed by atoms with Gasteiger partial charge in [-0.25, -0.2) is 10.1 Å². The maximum Gasteiger partial charge on any atom is 0.283 e. The number of aromatic nitrogens is 5. The van der Waals surface area contributed by atoms with Gasteiger partial charge in [0.15, 0.2) is 11.2 Å². The molecule has 0 saturated carbocycles. The van der Waals surface area contributed by atoms with Crippen molar-refractivity contribution in [2.45, 2.75) is 25.8 Å². The first kappa shape index (κ1) is 7.66. The summed E-state index contributed by atoms with van der Waals surface area (Å²) in [5.74, 6) is 0.847. The molecule has 0 radical (unpaired) electrons. The Kier molecular flexibility index (Phi) is 1.44. The average Bonchev–Trinajstić information content (AvgIpc) is 2.66. The van der Waals surface area contributed by atoms with Crippen LogP contribution in [0.15, 0.2) is 4.79 Å². The number of fused-ring (bicyclic) bond motifs is 2.